The van der Waals surface area contributed by atoms with Crippen molar-refractivity contribution in [3.63, 3.8) is 0 Å². The number of piperazine rings is 1. The Labute approximate surface area is 148 Å². The van der Waals surface area contributed by atoms with Gasteiger partial charge in [0.1, 0.15) is 0 Å². The Bertz CT molecular complexity index is 437. The standard InChI is InChI=1S/C14H25N5O2.HI/c1-10(2)17-12(20)8-16-14(15-3)18-6-7-19(11-4-5-11)13(21)9-18;/h10-11H,4-9H2,1-3H3,(H,15,16)(H,17,20);1H. The van der Waals surface area contributed by atoms with Gasteiger partial charge in [0.05, 0.1) is 13.1 Å². The van der Waals surface area contributed by atoms with Crippen LogP contribution in [0.25, 0.3) is 0 Å². The Balaban J connectivity index is 0.00000242. The van der Waals surface area contributed by atoms with E-state index >= 15 is 0 Å². The predicted octanol–water partition coefficient (Wildman–Crippen LogP) is 0.0110. The van der Waals surface area contributed by atoms with Gasteiger partial charge in [0, 0.05) is 32.2 Å². The summed E-state index contributed by atoms with van der Waals surface area (Å²) in [5, 5.41) is 5.83. The molecule has 1 saturated carbocycles. The Morgan fingerprint density at radius 1 is 1.36 bits per heavy atom. The molecule has 2 amide bonds. The van der Waals surface area contributed by atoms with Crippen LogP contribution in [0.2, 0.25) is 0 Å². The van der Waals surface area contributed by atoms with Crippen LogP contribution in [0.5, 0.6) is 0 Å². The minimum Gasteiger partial charge on any atom is -0.352 e. The summed E-state index contributed by atoms with van der Waals surface area (Å²) in [6.45, 7) is 5.84. The first-order valence-electron chi connectivity index (χ1n) is 7.55. The van der Waals surface area contributed by atoms with E-state index in [0.29, 0.717) is 18.5 Å². The van der Waals surface area contributed by atoms with E-state index in [9.17, 15) is 9.59 Å². The predicted molar refractivity (Wildman–Crippen MR) is 96.4 cm³/mol. The molecule has 22 heavy (non-hydrogen) atoms. The molecule has 0 unspecified atom stereocenters. The van der Waals surface area contributed by atoms with Crippen LogP contribution in [0.3, 0.4) is 0 Å². The maximum atomic E-state index is 12.1. The van der Waals surface area contributed by atoms with Crippen LogP contribution in [0.1, 0.15) is 26.7 Å². The smallest absolute Gasteiger partial charge is 0.242 e. The summed E-state index contributed by atoms with van der Waals surface area (Å²) < 4.78 is 0. The van der Waals surface area contributed by atoms with Crippen molar-refractivity contribution >= 4 is 41.8 Å². The lowest BCUT2D eigenvalue weighted by Crippen LogP contribution is -2.56. The van der Waals surface area contributed by atoms with Gasteiger partial charge in [-0.25, -0.2) is 0 Å². The average Bonchev–Trinajstić information content (AvgIpc) is 3.23. The van der Waals surface area contributed by atoms with E-state index in [0.717, 1.165) is 25.9 Å². The number of halogens is 1. The number of amides is 2. The number of carbonyl (C=O) groups is 2. The van der Waals surface area contributed by atoms with Crippen LogP contribution in [0, 0.1) is 0 Å². The Morgan fingerprint density at radius 3 is 2.55 bits per heavy atom. The molecule has 0 radical (unpaired) electrons. The molecule has 1 aliphatic heterocycles. The molecule has 1 saturated heterocycles. The number of rotatable bonds is 4. The van der Waals surface area contributed by atoms with Gasteiger partial charge in [0.15, 0.2) is 5.96 Å². The highest BCUT2D eigenvalue weighted by Crippen LogP contribution is 2.27. The van der Waals surface area contributed by atoms with Gasteiger partial charge in [-0.1, -0.05) is 0 Å². The first-order valence-corrected chi connectivity index (χ1v) is 7.55. The molecule has 2 N–H and O–H groups in total. The zero-order valence-corrected chi connectivity index (χ0v) is 15.8. The van der Waals surface area contributed by atoms with Gasteiger partial charge in [-0.3, -0.25) is 14.6 Å². The van der Waals surface area contributed by atoms with E-state index in [2.05, 4.69) is 15.6 Å². The van der Waals surface area contributed by atoms with Gasteiger partial charge >= 0.3 is 0 Å². The number of nitrogens with one attached hydrogen (secondary N) is 2. The van der Waals surface area contributed by atoms with E-state index in [4.69, 9.17) is 0 Å². The quantitative estimate of drug-likeness (QED) is 0.380. The lowest BCUT2D eigenvalue weighted by molar-refractivity contribution is -0.135. The molecule has 0 atom stereocenters. The highest BCUT2D eigenvalue weighted by atomic mass is 127. The second kappa shape index (κ2) is 8.54. The number of hydrogen-bond donors (Lipinski definition) is 2. The minimum absolute atomic E-state index is 0. The summed E-state index contributed by atoms with van der Waals surface area (Å²) >= 11 is 0. The molecule has 8 heteroatoms. The van der Waals surface area contributed by atoms with Crippen molar-refractivity contribution in [2.75, 3.05) is 33.2 Å². The van der Waals surface area contributed by atoms with Gasteiger partial charge in [-0.2, -0.15) is 0 Å². The van der Waals surface area contributed by atoms with Gasteiger partial charge in [0.25, 0.3) is 0 Å². The van der Waals surface area contributed by atoms with Gasteiger partial charge < -0.3 is 20.4 Å². The van der Waals surface area contributed by atoms with Gasteiger partial charge in [0.2, 0.25) is 11.8 Å². The number of carbonyl (C=O) groups excluding carboxylic acids is 2. The van der Waals surface area contributed by atoms with Crippen LogP contribution in [-0.2, 0) is 9.59 Å². The molecule has 2 rings (SSSR count). The third-order valence-corrected chi connectivity index (χ3v) is 3.61. The maximum absolute atomic E-state index is 12.1. The molecule has 1 heterocycles. The first kappa shape index (κ1) is 19.0. The largest absolute Gasteiger partial charge is 0.352 e. The summed E-state index contributed by atoms with van der Waals surface area (Å²) in [6, 6.07) is 0.580. The molecule has 1 aliphatic carbocycles. The number of guanidine groups is 1. The van der Waals surface area contributed by atoms with Crippen molar-refractivity contribution in [2.45, 2.75) is 38.8 Å². The minimum atomic E-state index is -0.0749. The SMILES string of the molecule is CN=C(NCC(=O)NC(C)C)N1CCN(C2CC2)C(=O)C1.I. The van der Waals surface area contributed by atoms with E-state index in [1.54, 1.807) is 7.05 Å². The van der Waals surface area contributed by atoms with E-state index in [1.807, 2.05) is 23.6 Å². The Hall–Kier alpha value is -1.06. The van der Waals surface area contributed by atoms with Crippen molar-refractivity contribution in [1.29, 1.82) is 0 Å². The zero-order valence-electron chi connectivity index (χ0n) is 13.5. The molecular formula is C14H26IN5O2. The summed E-state index contributed by atoms with van der Waals surface area (Å²) in [7, 11) is 1.67. The molecule has 0 aromatic heterocycles. The lowest BCUT2D eigenvalue weighted by Gasteiger charge is -2.36. The topological polar surface area (TPSA) is 77.0 Å². The third-order valence-electron chi connectivity index (χ3n) is 3.61. The summed E-state index contributed by atoms with van der Waals surface area (Å²) in [5.74, 6) is 0.685. The normalized spacial score (nSPS) is 19.1. The van der Waals surface area contributed by atoms with Crippen LogP contribution in [0.4, 0.5) is 0 Å². The van der Waals surface area contributed by atoms with Crippen LogP contribution in [-0.4, -0.2) is 72.9 Å². The zero-order chi connectivity index (χ0) is 15.4. The lowest BCUT2D eigenvalue weighted by atomic mass is 10.3. The fourth-order valence-corrected chi connectivity index (χ4v) is 2.50. The molecule has 2 fully saturated rings. The first-order chi connectivity index (χ1) is 10.0. The van der Waals surface area contributed by atoms with E-state index in [1.165, 1.54) is 0 Å². The number of aliphatic imine (C=N–C) groups is 1. The molecule has 0 spiro atoms. The highest BCUT2D eigenvalue weighted by Gasteiger charge is 2.36. The molecular weight excluding hydrogens is 397 g/mol. The molecule has 0 aromatic carbocycles. The Kier molecular flexibility index (Phi) is 7.37. The highest BCUT2D eigenvalue weighted by molar-refractivity contribution is 14.0. The second-order valence-electron chi connectivity index (χ2n) is 5.86. The molecule has 0 bridgehead atoms. The summed E-state index contributed by atoms with van der Waals surface area (Å²) in [5.41, 5.74) is 0. The number of nitrogens with zero attached hydrogens (tertiary/aromatic N) is 3. The van der Waals surface area contributed by atoms with Crippen molar-refractivity contribution in [2.24, 2.45) is 4.99 Å². The van der Waals surface area contributed by atoms with Crippen molar-refractivity contribution in [3.05, 3.63) is 0 Å². The van der Waals surface area contributed by atoms with Crippen molar-refractivity contribution in [3.8, 4) is 0 Å². The monoisotopic (exact) mass is 423 g/mol. The van der Waals surface area contributed by atoms with E-state index < -0.39 is 0 Å². The van der Waals surface area contributed by atoms with E-state index in [-0.39, 0.29) is 48.4 Å². The Morgan fingerprint density at radius 2 is 2.05 bits per heavy atom. The second-order valence-corrected chi connectivity index (χ2v) is 5.86. The summed E-state index contributed by atoms with van der Waals surface area (Å²) in [4.78, 5) is 31.8. The molecule has 7 nitrogen and oxygen atoms in total. The fourth-order valence-electron chi connectivity index (χ4n) is 2.50. The molecule has 126 valence electrons. The van der Waals surface area contributed by atoms with Crippen LogP contribution < -0.4 is 10.6 Å². The molecule has 2 aliphatic rings. The van der Waals surface area contributed by atoms with Gasteiger partial charge in [-0.05, 0) is 26.7 Å². The van der Waals surface area contributed by atoms with Gasteiger partial charge in [-0.15, -0.1) is 24.0 Å². The maximum Gasteiger partial charge on any atom is 0.242 e. The summed E-state index contributed by atoms with van der Waals surface area (Å²) in [6.07, 6.45) is 2.27. The molecule has 0 aromatic rings. The average molecular weight is 423 g/mol. The van der Waals surface area contributed by atoms with Crippen molar-refractivity contribution < 1.29 is 9.59 Å². The fraction of sp³-hybridized carbons (Fsp3) is 0.786. The van der Waals surface area contributed by atoms with Crippen LogP contribution in [0.15, 0.2) is 4.99 Å². The number of hydrogen-bond acceptors (Lipinski definition) is 3. The van der Waals surface area contributed by atoms with Crippen LogP contribution >= 0.6 is 24.0 Å². The van der Waals surface area contributed by atoms with Crippen molar-refractivity contribution in [1.82, 2.24) is 20.4 Å². The third kappa shape index (κ3) is 5.29.